The summed E-state index contributed by atoms with van der Waals surface area (Å²) in [6.07, 6.45) is 0.357. The van der Waals surface area contributed by atoms with E-state index in [9.17, 15) is 14.4 Å². The van der Waals surface area contributed by atoms with E-state index in [1.54, 1.807) is 7.11 Å². The van der Waals surface area contributed by atoms with Gasteiger partial charge in [0, 0.05) is 25.7 Å². The molecule has 114 valence electrons. The molecule has 0 saturated heterocycles. The molecule has 0 spiro atoms. The van der Waals surface area contributed by atoms with E-state index < -0.39 is 18.0 Å². The quantitative estimate of drug-likeness (QED) is 0.343. The smallest absolute Gasteiger partial charge is 0.347 e. The van der Waals surface area contributed by atoms with Crippen molar-refractivity contribution in [3.8, 4) is 0 Å². The largest absolute Gasteiger partial charge is 0.463 e. The van der Waals surface area contributed by atoms with E-state index in [0.717, 1.165) is 6.42 Å². The van der Waals surface area contributed by atoms with E-state index >= 15 is 0 Å². The van der Waals surface area contributed by atoms with Crippen LogP contribution in [0.15, 0.2) is 12.2 Å². The zero-order chi connectivity index (χ0) is 15.5. The fourth-order valence-electron chi connectivity index (χ4n) is 1.30. The molecule has 0 aliphatic heterocycles. The number of ketones is 1. The summed E-state index contributed by atoms with van der Waals surface area (Å²) in [6, 6.07) is 0. The van der Waals surface area contributed by atoms with Crippen LogP contribution in [0.3, 0.4) is 0 Å². The highest BCUT2D eigenvalue weighted by Gasteiger charge is 2.21. The van der Waals surface area contributed by atoms with Gasteiger partial charge in [0.2, 0.25) is 0 Å². The highest BCUT2D eigenvalue weighted by atomic mass is 16.6. The van der Waals surface area contributed by atoms with Crippen molar-refractivity contribution in [3.05, 3.63) is 12.2 Å². The lowest BCUT2D eigenvalue weighted by atomic mass is 10.2. The molecule has 0 fully saturated rings. The summed E-state index contributed by atoms with van der Waals surface area (Å²) in [5.41, 5.74) is 0.0252. The SMILES string of the molecule is C=C(CC(C)=O)C(=O)OC(C)C(=O)OCCCCOC. The molecule has 0 bridgehead atoms. The first kappa shape index (κ1) is 18.3. The van der Waals surface area contributed by atoms with Gasteiger partial charge in [-0.1, -0.05) is 6.58 Å². The van der Waals surface area contributed by atoms with Gasteiger partial charge < -0.3 is 14.2 Å². The minimum atomic E-state index is -1.02. The fourth-order valence-corrected chi connectivity index (χ4v) is 1.30. The Hall–Kier alpha value is -1.69. The van der Waals surface area contributed by atoms with Crippen molar-refractivity contribution in [2.75, 3.05) is 20.3 Å². The van der Waals surface area contributed by atoms with Crippen LogP contribution in [-0.2, 0) is 28.6 Å². The summed E-state index contributed by atoms with van der Waals surface area (Å²) in [5, 5.41) is 0. The van der Waals surface area contributed by atoms with E-state index in [2.05, 4.69) is 6.58 Å². The van der Waals surface area contributed by atoms with Crippen LogP contribution < -0.4 is 0 Å². The summed E-state index contributed by atoms with van der Waals surface area (Å²) in [6.45, 7) is 7.05. The molecule has 0 heterocycles. The molecule has 6 heteroatoms. The summed E-state index contributed by atoms with van der Waals surface area (Å²) in [5.74, 6) is -1.57. The average molecular weight is 286 g/mol. The van der Waals surface area contributed by atoms with E-state index in [1.165, 1.54) is 13.8 Å². The molecular formula is C14H22O6. The molecular weight excluding hydrogens is 264 g/mol. The van der Waals surface area contributed by atoms with Crippen LogP contribution in [0.4, 0.5) is 0 Å². The van der Waals surface area contributed by atoms with Crippen molar-refractivity contribution in [2.24, 2.45) is 0 Å². The highest BCUT2D eigenvalue weighted by molar-refractivity contribution is 5.95. The molecule has 0 amide bonds. The molecule has 0 saturated carbocycles. The normalized spacial score (nSPS) is 11.6. The third kappa shape index (κ3) is 8.42. The van der Waals surface area contributed by atoms with Gasteiger partial charge in [0.1, 0.15) is 5.78 Å². The van der Waals surface area contributed by atoms with Crippen molar-refractivity contribution in [3.63, 3.8) is 0 Å². The van der Waals surface area contributed by atoms with E-state index in [0.29, 0.717) is 13.0 Å². The number of esters is 2. The summed E-state index contributed by atoms with van der Waals surface area (Å²) in [4.78, 5) is 33.9. The topological polar surface area (TPSA) is 78.9 Å². The van der Waals surface area contributed by atoms with Crippen molar-refractivity contribution in [1.29, 1.82) is 0 Å². The molecule has 0 radical (unpaired) electrons. The predicted octanol–water partition coefficient (Wildman–Crippen LogP) is 1.42. The third-order valence-corrected chi connectivity index (χ3v) is 2.35. The van der Waals surface area contributed by atoms with E-state index in [-0.39, 0.29) is 24.4 Å². The van der Waals surface area contributed by atoms with E-state index in [4.69, 9.17) is 14.2 Å². The number of unbranched alkanes of at least 4 members (excludes halogenated alkanes) is 1. The maximum Gasteiger partial charge on any atom is 0.347 e. The first-order chi connectivity index (χ1) is 9.38. The van der Waals surface area contributed by atoms with Gasteiger partial charge in [-0.15, -0.1) is 0 Å². The number of hydrogen-bond acceptors (Lipinski definition) is 6. The van der Waals surface area contributed by atoms with Gasteiger partial charge in [0.25, 0.3) is 0 Å². The number of methoxy groups -OCH3 is 1. The second-order valence-electron chi connectivity index (χ2n) is 4.40. The zero-order valence-electron chi connectivity index (χ0n) is 12.3. The lowest BCUT2D eigenvalue weighted by molar-refractivity contribution is -0.164. The standard InChI is InChI=1S/C14H22O6/c1-10(9-11(2)15)13(16)20-12(3)14(17)19-8-6-5-7-18-4/h12H,1,5-9H2,2-4H3. The van der Waals surface area contributed by atoms with Crippen molar-refractivity contribution < 1.29 is 28.6 Å². The molecule has 0 aromatic heterocycles. The molecule has 0 aliphatic rings. The lowest BCUT2D eigenvalue weighted by Crippen LogP contribution is -2.27. The molecule has 0 aromatic carbocycles. The molecule has 1 unspecified atom stereocenters. The molecule has 1 atom stereocenters. The van der Waals surface area contributed by atoms with Gasteiger partial charge in [0.15, 0.2) is 6.10 Å². The maximum atomic E-state index is 11.5. The summed E-state index contributed by atoms with van der Waals surface area (Å²) < 4.78 is 14.7. The Morgan fingerprint density at radius 3 is 2.30 bits per heavy atom. The van der Waals surface area contributed by atoms with Crippen LogP contribution in [0.25, 0.3) is 0 Å². The van der Waals surface area contributed by atoms with Crippen LogP contribution in [0, 0.1) is 0 Å². The van der Waals surface area contributed by atoms with Gasteiger partial charge in [-0.05, 0) is 26.7 Å². The first-order valence-electron chi connectivity index (χ1n) is 6.42. The van der Waals surface area contributed by atoms with E-state index in [1.807, 2.05) is 0 Å². The number of ether oxygens (including phenoxy) is 3. The average Bonchev–Trinajstić information content (AvgIpc) is 2.37. The Morgan fingerprint density at radius 2 is 1.75 bits per heavy atom. The summed E-state index contributed by atoms with van der Waals surface area (Å²) >= 11 is 0. The van der Waals surface area contributed by atoms with Crippen molar-refractivity contribution in [2.45, 2.75) is 39.2 Å². The molecule has 0 aromatic rings. The number of hydrogen-bond donors (Lipinski definition) is 0. The highest BCUT2D eigenvalue weighted by Crippen LogP contribution is 2.06. The Bertz CT molecular complexity index is 361. The molecule has 0 aliphatic carbocycles. The van der Waals surface area contributed by atoms with Gasteiger partial charge >= 0.3 is 11.9 Å². The fraction of sp³-hybridized carbons (Fsp3) is 0.643. The number of rotatable bonds is 10. The monoisotopic (exact) mass is 286 g/mol. The van der Waals surface area contributed by atoms with Crippen molar-refractivity contribution in [1.82, 2.24) is 0 Å². The first-order valence-corrected chi connectivity index (χ1v) is 6.42. The second kappa shape index (κ2) is 10.1. The van der Waals surface area contributed by atoms with Crippen molar-refractivity contribution >= 4 is 17.7 Å². The molecule has 6 nitrogen and oxygen atoms in total. The predicted molar refractivity (Wildman–Crippen MR) is 72.1 cm³/mol. The molecule has 20 heavy (non-hydrogen) atoms. The Balaban J connectivity index is 3.97. The zero-order valence-corrected chi connectivity index (χ0v) is 12.3. The number of carbonyl (C=O) groups is 3. The molecule has 0 N–H and O–H groups in total. The Morgan fingerprint density at radius 1 is 1.15 bits per heavy atom. The van der Waals surface area contributed by atoms with Gasteiger partial charge in [0.05, 0.1) is 6.61 Å². The van der Waals surface area contributed by atoms with Crippen LogP contribution in [0.5, 0.6) is 0 Å². The van der Waals surface area contributed by atoms with Crippen LogP contribution in [0.2, 0.25) is 0 Å². The lowest BCUT2D eigenvalue weighted by Gasteiger charge is -2.13. The third-order valence-electron chi connectivity index (χ3n) is 2.35. The molecule has 0 rings (SSSR count). The van der Waals surface area contributed by atoms with Gasteiger partial charge in [-0.2, -0.15) is 0 Å². The number of carbonyl (C=O) groups excluding carboxylic acids is 3. The van der Waals surface area contributed by atoms with Crippen LogP contribution in [-0.4, -0.2) is 44.1 Å². The van der Waals surface area contributed by atoms with Crippen LogP contribution in [0.1, 0.15) is 33.1 Å². The number of Topliss-reactive ketones (excluding diaryl/α,β-unsaturated/α-hetero) is 1. The second-order valence-corrected chi connectivity index (χ2v) is 4.40. The minimum absolute atomic E-state index is 0.0252. The Labute approximate surface area is 119 Å². The van der Waals surface area contributed by atoms with Gasteiger partial charge in [-0.3, -0.25) is 4.79 Å². The summed E-state index contributed by atoms with van der Waals surface area (Å²) in [7, 11) is 1.60. The Kier molecular flexibility index (Phi) is 9.28. The maximum absolute atomic E-state index is 11.5. The van der Waals surface area contributed by atoms with Gasteiger partial charge in [-0.25, -0.2) is 9.59 Å². The minimum Gasteiger partial charge on any atom is -0.463 e. The van der Waals surface area contributed by atoms with Crippen LogP contribution >= 0.6 is 0 Å².